The van der Waals surface area contributed by atoms with Gasteiger partial charge in [-0.3, -0.25) is 9.20 Å². The molecule has 186 valence electrons. The lowest BCUT2D eigenvalue weighted by atomic mass is 9.87. The predicted molar refractivity (Wildman–Crippen MR) is 139 cm³/mol. The molecule has 0 spiro atoms. The number of aromatic nitrogens is 3. The largest absolute Gasteiger partial charge is 0.497 e. The summed E-state index contributed by atoms with van der Waals surface area (Å²) >= 11 is 0. The van der Waals surface area contributed by atoms with Crippen LogP contribution < -0.4 is 10.5 Å². The molecule has 0 aliphatic carbocycles. The molecule has 1 amide bonds. The highest BCUT2D eigenvalue weighted by Crippen LogP contribution is 2.36. The van der Waals surface area contributed by atoms with Crippen molar-refractivity contribution in [2.45, 2.75) is 38.2 Å². The minimum atomic E-state index is -1.20. The third-order valence-electron chi connectivity index (χ3n) is 7.19. The van der Waals surface area contributed by atoms with Crippen LogP contribution in [-0.4, -0.2) is 50.5 Å². The number of anilines is 1. The van der Waals surface area contributed by atoms with Crippen LogP contribution in [-0.2, 0) is 10.4 Å². The van der Waals surface area contributed by atoms with E-state index in [0.29, 0.717) is 18.1 Å². The second-order valence-corrected chi connectivity index (χ2v) is 9.54. The summed E-state index contributed by atoms with van der Waals surface area (Å²) in [6.45, 7) is 4.80. The summed E-state index contributed by atoms with van der Waals surface area (Å²) in [5, 5.41) is 11.4. The number of hydrogen-bond acceptors (Lipinski definition) is 6. The van der Waals surface area contributed by atoms with E-state index in [1.54, 1.807) is 27.2 Å². The maximum atomic E-state index is 12.0. The Morgan fingerprint density at radius 3 is 2.69 bits per heavy atom. The lowest BCUT2D eigenvalue weighted by Crippen LogP contribution is -2.38. The van der Waals surface area contributed by atoms with E-state index < -0.39 is 5.60 Å². The summed E-state index contributed by atoms with van der Waals surface area (Å²) in [7, 11) is 1.61. The van der Waals surface area contributed by atoms with Crippen LogP contribution in [0.3, 0.4) is 0 Å². The summed E-state index contributed by atoms with van der Waals surface area (Å²) < 4.78 is 7.33. The van der Waals surface area contributed by atoms with Gasteiger partial charge in [0, 0.05) is 43.9 Å². The van der Waals surface area contributed by atoms with Crippen molar-refractivity contribution in [1.82, 2.24) is 19.3 Å². The molecule has 36 heavy (non-hydrogen) atoms. The number of nitrogen functional groups attached to an aromatic ring is 1. The molecule has 4 aromatic rings. The molecule has 2 aromatic heterocycles. The lowest BCUT2D eigenvalue weighted by molar-refractivity contribution is -0.130. The van der Waals surface area contributed by atoms with Gasteiger partial charge >= 0.3 is 0 Å². The van der Waals surface area contributed by atoms with Crippen LogP contribution in [0.25, 0.3) is 16.8 Å². The van der Waals surface area contributed by atoms with Crippen molar-refractivity contribution in [3.05, 3.63) is 77.9 Å². The predicted octanol–water partition coefficient (Wildman–Crippen LogP) is 3.97. The summed E-state index contributed by atoms with van der Waals surface area (Å²) in [5.74, 6) is 2.17. The molecular formula is C28H31N5O3. The second kappa shape index (κ2) is 9.28. The molecule has 0 radical (unpaired) electrons. The Labute approximate surface area is 210 Å². The Morgan fingerprint density at radius 2 is 1.97 bits per heavy atom. The zero-order valence-electron chi connectivity index (χ0n) is 20.8. The third-order valence-corrected chi connectivity index (χ3v) is 7.19. The van der Waals surface area contributed by atoms with Crippen molar-refractivity contribution < 1.29 is 14.6 Å². The fraction of sp³-hybridized carbons (Fsp3) is 0.321. The number of imidazole rings is 1. The maximum absolute atomic E-state index is 12.0. The molecule has 1 saturated heterocycles. The van der Waals surface area contributed by atoms with E-state index in [-0.39, 0.29) is 11.8 Å². The van der Waals surface area contributed by atoms with Gasteiger partial charge in [-0.25, -0.2) is 9.97 Å². The van der Waals surface area contributed by atoms with Gasteiger partial charge in [0.15, 0.2) is 0 Å². The number of amides is 1. The van der Waals surface area contributed by atoms with Crippen LogP contribution in [0.4, 0.5) is 5.82 Å². The molecule has 3 N–H and O–H groups in total. The van der Waals surface area contributed by atoms with Crippen molar-refractivity contribution in [1.29, 1.82) is 0 Å². The number of likely N-dealkylation sites (tertiary alicyclic amines) is 1. The Morgan fingerprint density at radius 1 is 1.19 bits per heavy atom. The maximum Gasteiger partial charge on any atom is 0.219 e. The number of carbonyl (C=O) groups is 1. The Kier molecular flexibility index (Phi) is 6.14. The topological polar surface area (TPSA) is 106 Å². The van der Waals surface area contributed by atoms with Crippen molar-refractivity contribution in [3.63, 3.8) is 0 Å². The number of piperidine rings is 1. The number of benzene rings is 2. The van der Waals surface area contributed by atoms with Crippen LogP contribution in [0.2, 0.25) is 0 Å². The van der Waals surface area contributed by atoms with Gasteiger partial charge in [-0.15, -0.1) is 0 Å². The zero-order chi connectivity index (χ0) is 25.4. The van der Waals surface area contributed by atoms with E-state index in [2.05, 4.69) is 4.98 Å². The van der Waals surface area contributed by atoms with Crippen LogP contribution in [0.1, 0.15) is 49.6 Å². The number of carbonyl (C=O) groups excluding carboxylic acids is 1. The summed E-state index contributed by atoms with van der Waals surface area (Å²) in [4.78, 5) is 23.2. The molecule has 3 heterocycles. The SMILES string of the molecule is COc1cccc([C@](C)(O)c2ccc(-c3nc([C@@H]4CCCN(C(C)=O)C4)n4ccnc(N)c34)cc2)c1. The highest BCUT2D eigenvalue weighted by molar-refractivity contribution is 5.85. The minimum Gasteiger partial charge on any atom is -0.497 e. The van der Waals surface area contributed by atoms with Gasteiger partial charge in [-0.05, 0) is 43.0 Å². The molecule has 8 nitrogen and oxygen atoms in total. The van der Waals surface area contributed by atoms with Gasteiger partial charge in [-0.1, -0.05) is 36.4 Å². The summed E-state index contributed by atoms with van der Waals surface area (Å²) in [6.07, 6.45) is 5.44. The van der Waals surface area contributed by atoms with E-state index in [9.17, 15) is 9.90 Å². The number of aliphatic hydroxyl groups is 1. The monoisotopic (exact) mass is 485 g/mol. The summed E-state index contributed by atoms with van der Waals surface area (Å²) in [5.41, 5.74) is 8.98. The first kappa shape index (κ1) is 23.8. The standard InChI is InChI=1S/C28H31N5O3/c1-18(34)32-14-5-6-20(17-32)27-31-24(25-26(29)30-13-15-33(25)27)19-9-11-21(12-10-19)28(2,35)22-7-4-8-23(16-22)36-3/h4,7-13,15-16,20,35H,5-6,14,17H2,1-3H3,(H2,29,30)/t20-,28-/m1/s1. The zero-order valence-corrected chi connectivity index (χ0v) is 20.8. The lowest BCUT2D eigenvalue weighted by Gasteiger charge is -2.31. The highest BCUT2D eigenvalue weighted by Gasteiger charge is 2.29. The molecular weight excluding hydrogens is 454 g/mol. The van der Waals surface area contributed by atoms with E-state index >= 15 is 0 Å². The molecule has 2 aromatic carbocycles. The average molecular weight is 486 g/mol. The molecule has 2 atom stereocenters. The Bertz CT molecular complexity index is 1410. The van der Waals surface area contributed by atoms with Gasteiger partial charge in [-0.2, -0.15) is 0 Å². The average Bonchev–Trinajstić information content (AvgIpc) is 3.30. The first-order valence-corrected chi connectivity index (χ1v) is 12.2. The van der Waals surface area contributed by atoms with Gasteiger partial charge in [0.2, 0.25) is 5.91 Å². The second-order valence-electron chi connectivity index (χ2n) is 9.54. The van der Waals surface area contributed by atoms with Crippen molar-refractivity contribution in [2.75, 3.05) is 25.9 Å². The van der Waals surface area contributed by atoms with E-state index in [1.807, 2.05) is 64.0 Å². The number of methoxy groups -OCH3 is 1. The first-order valence-electron chi connectivity index (χ1n) is 12.2. The fourth-order valence-corrected chi connectivity index (χ4v) is 5.10. The number of rotatable bonds is 5. The van der Waals surface area contributed by atoms with Gasteiger partial charge in [0.05, 0.1) is 7.11 Å². The fourth-order valence-electron chi connectivity index (χ4n) is 5.10. The quantitative estimate of drug-likeness (QED) is 0.443. The van der Waals surface area contributed by atoms with Crippen LogP contribution in [0, 0.1) is 0 Å². The van der Waals surface area contributed by atoms with E-state index in [0.717, 1.165) is 53.1 Å². The molecule has 1 fully saturated rings. The molecule has 8 heteroatoms. The molecule has 1 aliphatic heterocycles. The number of nitrogens with two attached hydrogens (primary N) is 1. The van der Waals surface area contributed by atoms with Crippen LogP contribution in [0.5, 0.6) is 5.75 Å². The van der Waals surface area contributed by atoms with Crippen molar-refractivity contribution in [2.24, 2.45) is 0 Å². The van der Waals surface area contributed by atoms with Crippen LogP contribution in [0.15, 0.2) is 60.9 Å². The highest BCUT2D eigenvalue weighted by atomic mass is 16.5. The van der Waals surface area contributed by atoms with Crippen LogP contribution >= 0.6 is 0 Å². The third kappa shape index (κ3) is 4.18. The molecule has 5 rings (SSSR count). The van der Waals surface area contributed by atoms with E-state index in [4.69, 9.17) is 15.5 Å². The number of nitrogens with zero attached hydrogens (tertiary/aromatic N) is 4. The van der Waals surface area contributed by atoms with Gasteiger partial charge in [0.1, 0.15) is 34.2 Å². The molecule has 1 aliphatic rings. The van der Waals surface area contributed by atoms with Crippen molar-refractivity contribution in [3.8, 4) is 17.0 Å². The Hall–Kier alpha value is -3.91. The minimum absolute atomic E-state index is 0.0839. The summed E-state index contributed by atoms with van der Waals surface area (Å²) in [6, 6.07) is 15.1. The molecule has 0 unspecified atom stereocenters. The number of ether oxygens (including phenoxy) is 1. The van der Waals surface area contributed by atoms with E-state index in [1.165, 1.54) is 0 Å². The first-order chi connectivity index (χ1) is 17.3. The smallest absolute Gasteiger partial charge is 0.219 e. The number of fused-ring (bicyclic) bond motifs is 1. The molecule has 0 saturated carbocycles. The van der Waals surface area contributed by atoms with Gasteiger partial charge < -0.3 is 20.5 Å². The molecule has 0 bridgehead atoms. The Balaban J connectivity index is 1.53. The number of hydrogen-bond donors (Lipinski definition) is 2. The van der Waals surface area contributed by atoms with Crippen molar-refractivity contribution >= 4 is 17.2 Å². The normalized spacial score (nSPS) is 17.7. The van der Waals surface area contributed by atoms with Gasteiger partial charge in [0.25, 0.3) is 0 Å².